The zero-order valence-corrected chi connectivity index (χ0v) is 29.5. The summed E-state index contributed by atoms with van der Waals surface area (Å²) in [6.07, 6.45) is 0.285. The first-order valence-corrected chi connectivity index (χ1v) is 16.4. The quantitative estimate of drug-likeness (QED) is 0.179. The number of nitrogens with zero attached hydrogens (tertiary/aromatic N) is 2. The van der Waals surface area contributed by atoms with Crippen LogP contribution in [0.4, 0.5) is 11.4 Å². The second kappa shape index (κ2) is 17.1. The van der Waals surface area contributed by atoms with Crippen LogP contribution in [-0.4, -0.2) is 64.0 Å². The number of rotatable bonds is 15. The number of carbonyl (C=O) groups excluding carboxylic acids is 4. The Kier molecular flexibility index (Phi) is 12.8. The van der Waals surface area contributed by atoms with Gasteiger partial charge in [-0.3, -0.25) is 19.2 Å². The van der Waals surface area contributed by atoms with Gasteiger partial charge in [0.25, 0.3) is 0 Å². The van der Waals surface area contributed by atoms with E-state index in [9.17, 15) is 19.2 Å². The maximum atomic E-state index is 13.8. The van der Waals surface area contributed by atoms with Crippen LogP contribution in [0.3, 0.4) is 0 Å². The molecule has 0 saturated carbocycles. The Morgan fingerprint density at radius 3 is 1.36 bits per heavy atom. The third kappa shape index (κ3) is 9.95. The first-order valence-electron chi connectivity index (χ1n) is 16.4. The van der Waals surface area contributed by atoms with Gasteiger partial charge in [-0.05, 0) is 59.7 Å². The van der Waals surface area contributed by atoms with Crippen LogP contribution < -0.4 is 29.9 Å². The third-order valence-electron chi connectivity index (χ3n) is 8.60. The van der Waals surface area contributed by atoms with Gasteiger partial charge in [0.15, 0.2) is 0 Å². The number of amides is 4. The van der Waals surface area contributed by atoms with Crippen molar-refractivity contribution in [1.29, 1.82) is 0 Å². The first kappa shape index (κ1) is 37.2. The van der Waals surface area contributed by atoms with E-state index < -0.39 is 29.3 Å². The number of nitrogens with one attached hydrogen (secondary N) is 2. The number of hydrogen-bond acceptors (Lipinski definition) is 6. The molecule has 0 heterocycles. The fourth-order valence-corrected chi connectivity index (χ4v) is 5.51. The van der Waals surface area contributed by atoms with Crippen LogP contribution >= 0.6 is 0 Å². The molecule has 0 unspecified atom stereocenters. The van der Waals surface area contributed by atoms with E-state index in [1.165, 1.54) is 9.80 Å². The Morgan fingerprint density at radius 1 is 0.600 bits per heavy atom. The SMILES string of the molecule is COc1ccc(N(C)C(=O)[C@H](Cc2ccccc2)NC(=O)CC(C)(C)C(=O)N[C@@H](Cc2ccccc2)C(=O)N(C)c2ccc(OC)cc2)cc1. The molecule has 10 nitrogen and oxygen atoms in total. The van der Waals surface area contributed by atoms with Crippen LogP contribution in [0.25, 0.3) is 0 Å². The summed E-state index contributed by atoms with van der Waals surface area (Å²) < 4.78 is 10.5. The number of ether oxygens (including phenoxy) is 2. The molecular weight excluding hydrogens is 632 g/mol. The van der Waals surface area contributed by atoms with Crippen molar-refractivity contribution in [3.8, 4) is 11.5 Å². The molecular formula is C40H46N4O6. The zero-order valence-electron chi connectivity index (χ0n) is 29.5. The predicted octanol–water partition coefficient (Wildman–Crippen LogP) is 5.20. The average Bonchev–Trinajstić information content (AvgIpc) is 3.13. The molecule has 0 aliphatic carbocycles. The molecule has 2 atom stereocenters. The number of methoxy groups -OCH3 is 2. The minimum Gasteiger partial charge on any atom is -0.497 e. The second-order valence-corrected chi connectivity index (χ2v) is 12.8. The smallest absolute Gasteiger partial charge is 0.249 e. The number of benzene rings is 4. The summed E-state index contributed by atoms with van der Waals surface area (Å²) in [5.41, 5.74) is 1.79. The summed E-state index contributed by atoms with van der Waals surface area (Å²) >= 11 is 0. The number of hydrogen-bond donors (Lipinski definition) is 2. The molecule has 262 valence electrons. The Bertz CT molecular complexity index is 1730. The zero-order chi connectivity index (χ0) is 36.3. The topological polar surface area (TPSA) is 117 Å². The van der Waals surface area contributed by atoms with E-state index in [2.05, 4.69) is 10.6 Å². The van der Waals surface area contributed by atoms with Crippen LogP contribution in [0.2, 0.25) is 0 Å². The van der Waals surface area contributed by atoms with Gasteiger partial charge in [0.05, 0.1) is 19.6 Å². The van der Waals surface area contributed by atoms with E-state index in [0.717, 1.165) is 11.1 Å². The molecule has 0 bridgehead atoms. The van der Waals surface area contributed by atoms with Crippen molar-refractivity contribution >= 4 is 35.0 Å². The lowest BCUT2D eigenvalue weighted by atomic mass is 9.87. The van der Waals surface area contributed by atoms with E-state index >= 15 is 0 Å². The lowest BCUT2D eigenvalue weighted by Gasteiger charge is -2.30. The van der Waals surface area contributed by atoms with Gasteiger partial charge in [-0.1, -0.05) is 74.5 Å². The molecule has 10 heteroatoms. The summed E-state index contributed by atoms with van der Waals surface area (Å²) in [5, 5.41) is 5.82. The van der Waals surface area contributed by atoms with E-state index in [0.29, 0.717) is 22.9 Å². The van der Waals surface area contributed by atoms with Gasteiger partial charge in [-0.25, -0.2) is 0 Å². The van der Waals surface area contributed by atoms with Crippen LogP contribution in [0.1, 0.15) is 31.4 Å². The van der Waals surface area contributed by atoms with Crippen molar-refractivity contribution in [2.45, 2.75) is 45.2 Å². The molecule has 2 N–H and O–H groups in total. The highest BCUT2D eigenvalue weighted by molar-refractivity contribution is 6.01. The van der Waals surface area contributed by atoms with Gasteiger partial charge in [-0.2, -0.15) is 0 Å². The van der Waals surface area contributed by atoms with Gasteiger partial charge in [0.2, 0.25) is 23.6 Å². The van der Waals surface area contributed by atoms with Crippen LogP contribution in [0.5, 0.6) is 11.5 Å². The standard InChI is InChI=1S/C40H46N4O6/c1-40(2,39(48)42-35(26-29-15-11-8-12-16-29)38(47)44(4)31-19-23-33(50-6)24-20-31)27-36(45)41-34(25-28-13-9-7-10-14-28)37(46)43(3)30-17-21-32(49-5)22-18-30/h7-24,34-35H,25-27H2,1-6H3,(H,41,45)(H,42,48)/t34-,35-/m0/s1. The number of likely N-dealkylation sites (N-methyl/N-ethyl adjacent to an activating group) is 2. The number of carbonyl (C=O) groups is 4. The van der Waals surface area contributed by atoms with Gasteiger partial charge < -0.3 is 29.9 Å². The van der Waals surface area contributed by atoms with Crippen LogP contribution in [-0.2, 0) is 32.0 Å². The van der Waals surface area contributed by atoms with Gasteiger partial charge in [0, 0.05) is 44.7 Å². The number of anilines is 2. The van der Waals surface area contributed by atoms with Crippen LogP contribution in [0, 0.1) is 5.41 Å². The summed E-state index contributed by atoms with van der Waals surface area (Å²) in [5.74, 6) is -0.254. The van der Waals surface area contributed by atoms with Crippen molar-refractivity contribution in [3.63, 3.8) is 0 Å². The lowest BCUT2D eigenvalue weighted by Crippen LogP contribution is -2.53. The molecule has 4 aromatic carbocycles. The summed E-state index contributed by atoms with van der Waals surface area (Å²) in [6.45, 7) is 3.30. The molecule has 0 fully saturated rings. The first-order chi connectivity index (χ1) is 23.9. The summed E-state index contributed by atoms with van der Waals surface area (Å²) in [4.78, 5) is 58.1. The Hall–Kier alpha value is -5.64. The maximum Gasteiger partial charge on any atom is 0.249 e. The minimum atomic E-state index is -1.22. The highest BCUT2D eigenvalue weighted by atomic mass is 16.5. The van der Waals surface area contributed by atoms with Crippen LogP contribution in [0.15, 0.2) is 109 Å². The fourth-order valence-electron chi connectivity index (χ4n) is 5.51. The van der Waals surface area contributed by atoms with Gasteiger partial charge in [0.1, 0.15) is 23.6 Å². The van der Waals surface area contributed by atoms with Crippen molar-refractivity contribution in [3.05, 3.63) is 120 Å². The normalized spacial score (nSPS) is 12.2. The van der Waals surface area contributed by atoms with E-state index in [4.69, 9.17) is 9.47 Å². The second-order valence-electron chi connectivity index (χ2n) is 12.8. The molecule has 4 rings (SSSR count). The molecule has 0 aromatic heterocycles. The van der Waals surface area contributed by atoms with Gasteiger partial charge >= 0.3 is 0 Å². The van der Waals surface area contributed by atoms with Crippen molar-refractivity contribution in [1.82, 2.24) is 10.6 Å². The van der Waals surface area contributed by atoms with E-state index in [-0.39, 0.29) is 31.1 Å². The Labute approximate surface area is 294 Å². The third-order valence-corrected chi connectivity index (χ3v) is 8.60. The highest BCUT2D eigenvalue weighted by Crippen LogP contribution is 2.24. The Balaban J connectivity index is 1.50. The summed E-state index contributed by atoms with van der Waals surface area (Å²) in [6, 6.07) is 31.1. The monoisotopic (exact) mass is 678 g/mol. The largest absolute Gasteiger partial charge is 0.497 e. The molecule has 0 radical (unpaired) electrons. The molecule has 50 heavy (non-hydrogen) atoms. The van der Waals surface area contributed by atoms with E-state index in [1.54, 1.807) is 90.7 Å². The molecule has 0 saturated heterocycles. The average molecular weight is 679 g/mol. The molecule has 0 aliphatic heterocycles. The van der Waals surface area contributed by atoms with Crippen molar-refractivity contribution in [2.24, 2.45) is 5.41 Å². The van der Waals surface area contributed by atoms with Gasteiger partial charge in [-0.15, -0.1) is 0 Å². The molecule has 0 spiro atoms. The van der Waals surface area contributed by atoms with E-state index in [1.807, 2.05) is 60.7 Å². The molecule has 0 aliphatic rings. The fraction of sp³-hybridized carbons (Fsp3) is 0.300. The minimum absolute atomic E-state index is 0.218. The lowest BCUT2D eigenvalue weighted by molar-refractivity contribution is -0.137. The molecule has 4 aromatic rings. The predicted molar refractivity (Wildman–Crippen MR) is 195 cm³/mol. The van der Waals surface area contributed by atoms with Crippen molar-refractivity contribution < 1.29 is 28.7 Å². The maximum absolute atomic E-state index is 13.8. The summed E-state index contributed by atoms with van der Waals surface area (Å²) in [7, 11) is 6.44. The Morgan fingerprint density at radius 2 is 0.980 bits per heavy atom. The molecule has 4 amide bonds. The van der Waals surface area contributed by atoms with Crippen molar-refractivity contribution in [2.75, 3.05) is 38.1 Å². The highest BCUT2D eigenvalue weighted by Gasteiger charge is 2.36.